The molecule has 0 spiro atoms. The second-order valence-corrected chi connectivity index (χ2v) is 5.91. The Morgan fingerprint density at radius 2 is 2.10 bits per heavy atom. The molecular formula is C14H14N4O2S. The van der Waals surface area contributed by atoms with Crippen molar-refractivity contribution in [2.24, 2.45) is 0 Å². The maximum atomic E-state index is 12.3. The van der Waals surface area contributed by atoms with E-state index < -0.39 is 0 Å². The number of carbonyl (C=O) groups excluding carboxylic acids is 1. The van der Waals surface area contributed by atoms with Gasteiger partial charge in [-0.2, -0.15) is 0 Å². The fraction of sp³-hybridized carbons (Fsp3) is 0.214. The minimum Gasteiger partial charge on any atom is -0.375 e. The third-order valence-corrected chi connectivity index (χ3v) is 4.05. The van der Waals surface area contributed by atoms with Crippen LogP contribution in [0.2, 0.25) is 0 Å². The van der Waals surface area contributed by atoms with E-state index in [1.807, 2.05) is 19.1 Å². The number of nitrogens with two attached hydrogens (primary N) is 1. The zero-order chi connectivity index (χ0) is 15.1. The molecule has 21 heavy (non-hydrogen) atoms. The molecule has 0 atom stereocenters. The van der Waals surface area contributed by atoms with Crippen LogP contribution in [0.25, 0.3) is 10.2 Å². The standard InChI is InChI=1S/C14H14N4O2S/c1-6-4-9(5-10-12(6)17-14(15)21-10)16-13(19)11-7(2)18-20-8(11)3/h4-5H,1-3H3,(H2,15,17)(H,16,19). The lowest BCUT2D eigenvalue weighted by Crippen LogP contribution is -2.13. The highest BCUT2D eigenvalue weighted by Crippen LogP contribution is 2.30. The number of thiazole rings is 1. The van der Waals surface area contributed by atoms with Gasteiger partial charge >= 0.3 is 0 Å². The lowest BCUT2D eigenvalue weighted by Gasteiger charge is -2.06. The zero-order valence-electron chi connectivity index (χ0n) is 11.9. The van der Waals surface area contributed by atoms with Crippen molar-refractivity contribution in [3.63, 3.8) is 0 Å². The third-order valence-electron chi connectivity index (χ3n) is 3.22. The molecule has 0 aliphatic carbocycles. The van der Waals surface area contributed by atoms with Crippen molar-refractivity contribution in [3.8, 4) is 0 Å². The van der Waals surface area contributed by atoms with Crippen molar-refractivity contribution in [3.05, 3.63) is 34.7 Å². The van der Waals surface area contributed by atoms with Gasteiger partial charge in [0.15, 0.2) is 5.13 Å². The monoisotopic (exact) mass is 302 g/mol. The molecular weight excluding hydrogens is 288 g/mol. The van der Waals surface area contributed by atoms with Gasteiger partial charge in [-0.05, 0) is 38.5 Å². The SMILES string of the molecule is Cc1noc(C)c1C(=O)Nc1cc(C)c2nc(N)sc2c1. The number of fused-ring (bicyclic) bond motifs is 1. The number of aryl methyl sites for hydroxylation is 3. The number of amides is 1. The number of nitrogens with one attached hydrogen (secondary N) is 1. The summed E-state index contributed by atoms with van der Waals surface area (Å²) in [6, 6.07) is 3.74. The van der Waals surface area contributed by atoms with Gasteiger partial charge in [0.1, 0.15) is 11.3 Å². The predicted octanol–water partition coefficient (Wildman–Crippen LogP) is 3.04. The number of nitrogen functional groups attached to an aromatic ring is 1. The van der Waals surface area contributed by atoms with Gasteiger partial charge in [-0.25, -0.2) is 4.98 Å². The van der Waals surface area contributed by atoms with E-state index in [1.165, 1.54) is 11.3 Å². The summed E-state index contributed by atoms with van der Waals surface area (Å²) in [5, 5.41) is 7.17. The Balaban J connectivity index is 1.96. The molecule has 3 rings (SSSR count). The maximum Gasteiger partial charge on any atom is 0.261 e. The van der Waals surface area contributed by atoms with Crippen LogP contribution >= 0.6 is 11.3 Å². The van der Waals surface area contributed by atoms with Crippen molar-refractivity contribution in [1.82, 2.24) is 10.1 Å². The topological polar surface area (TPSA) is 94.0 Å². The highest BCUT2D eigenvalue weighted by Gasteiger charge is 2.18. The number of benzene rings is 1. The molecule has 0 saturated carbocycles. The first-order valence-electron chi connectivity index (χ1n) is 6.36. The molecule has 108 valence electrons. The lowest BCUT2D eigenvalue weighted by atomic mass is 10.1. The maximum absolute atomic E-state index is 12.3. The van der Waals surface area contributed by atoms with Crippen LogP contribution in [0.15, 0.2) is 16.7 Å². The number of carbonyl (C=O) groups is 1. The Hall–Kier alpha value is -2.41. The Morgan fingerprint density at radius 1 is 1.33 bits per heavy atom. The molecule has 7 heteroatoms. The average molecular weight is 302 g/mol. The largest absolute Gasteiger partial charge is 0.375 e. The lowest BCUT2D eigenvalue weighted by molar-refractivity contribution is 0.102. The molecule has 0 aliphatic rings. The minimum atomic E-state index is -0.234. The Bertz CT molecular complexity index is 831. The molecule has 0 saturated heterocycles. The second kappa shape index (κ2) is 4.85. The summed E-state index contributed by atoms with van der Waals surface area (Å²) in [6.45, 7) is 5.39. The summed E-state index contributed by atoms with van der Waals surface area (Å²) < 4.78 is 5.96. The third kappa shape index (κ3) is 2.36. The Labute approximate surface area is 125 Å². The molecule has 0 radical (unpaired) electrons. The van der Waals surface area contributed by atoms with Gasteiger partial charge in [0, 0.05) is 5.69 Å². The fourth-order valence-corrected chi connectivity index (χ4v) is 3.14. The first-order chi connectivity index (χ1) is 9.95. The molecule has 1 amide bonds. The molecule has 0 fully saturated rings. The Kier molecular flexibility index (Phi) is 3.13. The van der Waals surface area contributed by atoms with E-state index in [0.29, 0.717) is 27.8 Å². The van der Waals surface area contributed by atoms with Crippen molar-refractivity contribution < 1.29 is 9.32 Å². The summed E-state index contributed by atoms with van der Waals surface area (Å²) in [4.78, 5) is 16.6. The van der Waals surface area contributed by atoms with Crippen LogP contribution in [0, 0.1) is 20.8 Å². The number of nitrogens with zero attached hydrogens (tertiary/aromatic N) is 2. The molecule has 3 N–H and O–H groups in total. The molecule has 0 unspecified atom stereocenters. The van der Waals surface area contributed by atoms with Crippen LogP contribution in [-0.4, -0.2) is 16.0 Å². The van der Waals surface area contributed by atoms with E-state index in [9.17, 15) is 4.79 Å². The van der Waals surface area contributed by atoms with E-state index in [-0.39, 0.29) is 5.91 Å². The van der Waals surface area contributed by atoms with E-state index in [4.69, 9.17) is 10.3 Å². The summed E-state index contributed by atoms with van der Waals surface area (Å²) in [6.07, 6.45) is 0. The van der Waals surface area contributed by atoms with Crippen molar-refractivity contribution in [2.45, 2.75) is 20.8 Å². The first-order valence-corrected chi connectivity index (χ1v) is 7.18. The Morgan fingerprint density at radius 3 is 2.76 bits per heavy atom. The molecule has 0 aliphatic heterocycles. The first kappa shape index (κ1) is 13.6. The molecule has 2 heterocycles. The van der Waals surface area contributed by atoms with Crippen LogP contribution in [0.4, 0.5) is 10.8 Å². The highest BCUT2D eigenvalue weighted by atomic mass is 32.1. The molecule has 0 bridgehead atoms. The number of anilines is 2. The van der Waals surface area contributed by atoms with Gasteiger partial charge < -0.3 is 15.6 Å². The average Bonchev–Trinajstić information content (AvgIpc) is 2.92. The van der Waals surface area contributed by atoms with Gasteiger partial charge in [-0.3, -0.25) is 4.79 Å². The van der Waals surface area contributed by atoms with Crippen LogP contribution in [0.5, 0.6) is 0 Å². The van der Waals surface area contributed by atoms with Crippen LogP contribution in [0.3, 0.4) is 0 Å². The van der Waals surface area contributed by atoms with Crippen molar-refractivity contribution >= 4 is 38.3 Å². The van der Waals surface area contributed by atoms with Crippen LogP contribution in [-0.2, 0) is 0 Å². The number of rotatable bonds is 2. The van der Waals surface area contributed by atoms with E-state index in [0.717, 1.165) is 15.8 Å². The summed E-state index contributed by atoms with van der Waals surface area (Å²) >= 11 is 1.40. The van der Waals surface area contributed by atoms with Crippen molar-refractivity contribution in [2.75, 3.05) is 11.1 Å². The molecule has 3 aromatic rings. The van der Waals surface area contributed by atoms with Crippen LogP contribution < -0.4 is 11.1 Å². The van der Waals surface area contributed by atoms with Crippen molar-refractivity contribution in [1.29, 1.82) is 0 Å². The van der Waals surface area contributed by atoms with Gasteiger partial charge in [0.25, 0.3) is 5.91 Å². The highest BCUT2D eigenvalue weighted by molar-refractivity contribution is 7.22. The quantitative estimate of drug-likeness (QED) is 0.758. The molecule has 1 aromatic carbocycles. The smallest absolute Gasteiger partial charge is 0.261 e. The van der Waals surface area contributed by atoms with E-state index in [2.05, 4.69) is 15.5 Å². The second-order valence-electron chi connectivity index (χ2n) is 4.85. The van der Waals surface area contributed by atoms with E-state index >= 15 is 0 Å². The van der Waals surface area contributed by atoms with E-state index in [1.54, 1.807) is 13.8 Å². The van der Waals surface area contributed by atoms with Gasteiger partial charge in [0.2, 0.25) is 0 Å². The van der Waals surface area contributed by atoms with Gasteiger partial charge in [0.05, 0.1) is 15.9 Å². The summed E-state index contributed by atoms with van der Waals surface area (Å²) in [5.41, 5.74) is 9.31. The minimum absolute atomic E-state index is 0.234. The van der Waals surface area contributed by atoms with Gasteiger partial charge in [-0.1, -0.05) is 16.5 Å². The number of hydrogen-bond donors (Lipinski definition) is 2. The molecule has 6 nitrogen and oxygen atoms in total. The van der Waals surface area contributed by atoms with Crippen LogP contribution in [0.1, 0.15) is 27.4 Å². The fourth-order valence-electron chi connectivity index (χ4n) is 2.29. The molecule has 2 aromatic heterocycles. The number of hydrogen-bond acceptors (Lipinski definition) is 6. The summed E-state index contributed by atoms with van der Waals surface area (Å²) in [7, 11) is 0. The van der Waals surface area contributed by atoms with Gasteiger partial charge in [-0.15, -0.1) is 0 Å². The predicted molar refractivity (Wildman–Crippen MR) is 82.7 cm³/mol. The summed E-state index contributed by atoms with van der Waals surface area (Å²) in [5.74, 6) is 0.271. The normalized spacial score (nSPS) is 11.0. The zero-order valence-corrected chi connectivity index (χ0v) is 12.7. The number of aromatic nitrogens is 2.